The SMILES string of the molecule is CCCCCN1C=CN(c2ccccc2)C1CCCC. The summed E-state index contributed by atoms with van der Waals surface area (Å²) in [4.78, 5) is 4.96. The van der Waals surface area contributed by atoms with Gasteiger partial charge in [0.2, 0.25) is 0 Å². The molecule has 0 saturated carbocycles. The Balaban J connectivity index is 2.02. The Morgan fingerprint density at radius 2 is 1.65 bits per heavy atom. The van der Waals surface area contributed by atoms with Gasteiger partial charge in [0, 0.05) is 24.6 Å². The van der Waals surface area contributed by atoms with Crippen LogP contribution in [-0.4, -0.2) is 17.6 Å². The second-order valence-corrected chi connectivity index (χ2v) is 5.61. The lowest BCUT2D eigenvalue weighted by Crippen LogP contribution is -2.39. The van der Waals surface area contributed by atoms with E-state index in [1.54, 1.807) is 0 Å². The Kier molecular flexibility index (Phi) is 5.97. The summed E-state index contributed by atoms with van der Waals surface area (Å²) in [5, 5.41) is 0. The first-order valence-electron chi connectivity index (χ1n) is 8.14. The first kappa shape index (κ1) is 15.0. The number of para-hydroxylation sites is 1. The molecule has 1 unspecified atom stereocenters. The van der Waals surface area contributed by atoms with Crippen LogP contribution in [0.3, 0.4) is 0 Å². The number of hydrogen-bond donors (Lipinski definition) is 0. The van der Waals surface area contributed by atoms with Crippen LogP contribution in [0.25, 0.3) is 0 Å². The fourth-order valence-corrected chi connectivity index (χ4v) is 2.83. The van der Waals surface area contributed by atoms with Gasteiger partial charge >= 0.3 is 0 Å². The second kappa shape index (κ2) is 7.98. The van der Waals surface area contributed by atoms with E-state index in [9.17, 15) is 0 Å². The van der Waals surface area contributed by atoms with Gasteiger partial charge in [-0.3, -0.25) is 0 Å². The van der Waals surface area contributed by atoms with Gasteiger partial charge in [-0.05, 0) is 31.4 Å². The molecule has 20 heavy (non-hydrogen) atoms. The van der Waals surface area contributed by atoms with Gasteiger partial charge in [-0.2, -0.15) is 0 Å². The highest BCUT2D eigenvalue weighted by molar-refractivity contribution is 5.51. The Morgan fingerprint density at radius 1 is 0.900 bits per heavy atom. The van der Waals surface area contributed by atoms with E-state index in [0.717, 1.165) is 0 Å². The zero-order valence-corrected chi connectivity index (χ0v) is 13.0. The Morgan fingerprint density at radius 3 is 2.35 bits per heavy atom. The minimum atomic E-state index is 0.509. The Labute approximate surface area is 124 Å². The maximum Gasteiger partial charge on any atom is 0.105 e. The molecule has 1 aromatic carbocycles. The lowest BCUT2D eigenvalue weighted by atomic mass is 10.1. The maximum absolute atomic E-state index is 2.53. The van der Waals surface area contributed by atoms with E-state index in [4.69, 9.17) is 0 Å². The summed E-state index contributed by atoms with van der Waals surface area (Å²) < 4.78 is 0. The third kappa shape index (κ3) is 3.78. The van der Waals surface area contributed by atoms with Crippen LogP contribution >= 0.6 is 0 Å². The van der Waals surface area contributed by atoms with Crippen molar-refractivity contribution in [2.75, 3.05) is 11.4 Å². The largest absolute Gasteiger partial charge is 0.356 e. The van der Waals surface area contributed by atoms with Crippen molar-refractivity contribution >= 4 is 5.69 Å². The van der Waals surface area contributed by atoms with E-state index in [1.807, 2.05) is 0 Å². The molecular weight excluding hydrogens is 244 g/mol. The monoisotopic (exact) mass is 272 g/mol. The average molecular weight is 272 g/mol. The molecule has 0 aromatic heterocycles. The number of benzene rings is 1. The van der Waals surface area contributed by atoms with Crippen molar-refractivity contribution in [2.45, 2.75) is 58.5 Å². The molecule has 0 bridgehead atoms. The molecule has 1 aliphatic heterocycles. The highest BCUT2D eigenvalue weighted by atomic mass is 15.4. The van der Waals surface area contributed by atoms with Gasteiger partial charge in [-0.15, -0.1) is 0 Å². The van der Waals surface area contributed by atoms with Crippen molar-refractivity contribution in [2.24, 2.45) is 0 Å². The van der Waals surface area contributed by atoms with Crippen molar-refractivity contribution in [1.82, 2.24) is 4.90 Å². The summed E-state index contributed by atoms with van der Waals surface area (Å²) in [6.45, 7) is 5.73. The second-order valence-electron chi connectivity index (χ2n) is 5.61. The minimum Gasteiger partial charge on any atom is -0.356 e. The predicted molar refractivity (Wildman–Crippen MR) is 87.6 cm³/mol. The molecule has 1 heterocycles. The van der Waals surface area contributed by atoms with Crippen LogP contribution in [0.2, 0.25) is 0 Å². The van der Waals surface area contributed by atoms with Crippen LogP contribution in [-0.2, 0) is 0 Å². The highest BCUT2D eigenvalue weighted by Crippen LogP contribution is 2.27. The molecule has 0 fully saturated rings. The topological polar surface area (TPSA) is 6.48 Å². The third-order valence-corrected chi connectivity index (χ3v) is 4.01. The molecule has 1 atom stereocenters. The molecule has 0 N–H and O–H groups in total. The normalized spacial score (nSPS) is 18.0. The van der Waals surface area contributed by atoms with Crippen LogP contribution in [0.15, 0.2) is 42.7 Å². The molecule has 0 aliphatic carbocycles. The van der Waals surface area contributed by atoms with Crippen molar-refractivity contribution in [1.29, 1.82) is 0 Å². The van der Waals surface area contributed by atoms with Gasteiger partial charge < -0.3 is 9.80 Å². The molecule has 0 amide bonds. The smallest absolute Gasteiger partial charge is 0.105 e. The Bertz CT molecular complexity index is 399. The van der Waals surface area contributed by atoms with Crippen molar-refractivity contribution in [3.05, 3.63) is 42.7 Å². The number of rotatable bonds is 8. The van der Waals surface area contributed by atoms with E-state index >= 15 is 0 Å². The number of hydrogen-bond acceptors (Lipinski definition) is 2. The summed E-state index contributed by atoms with van der Waals surface area (Å²) in [6.07, 6.45) is 12.8. The fraction of sp³-hybridized carbons (Fsp3) is 0.556. The van der Waals surface area contributed by atoms with E-state index in [1.165, 1.54) is 50.8 Å². The number of unbranched alkanes of at least 4 members (excludes halogenated alkanes) is 3. The molecular formula is C18H28N2. The molecule has 0 spiro atoms. The van der Waals surface area contributed by atoms with E-state index in [-0.39, 0.29) is 0 Å². The van der Waals surface area contributed by atoms with E-state index < -0.39 is 0 Å². The van der Waals surface area contributed by atoms with Gasteiger partial charge in [0.15, 0.2) is 0 Å². The van der Waals surface area contributed by atoms with Gasteiger partial charge in [0.25, 0.3) is 0 Å². The lowest BCUT2D eigenvalue weighted by molar-refractivity contribution is 0.275. The van der Waals surface area contributed by atoms with Crippen molar-refractivity contribution in [3.8, 4) is 0 Å². The number of anilines is 1. The predicted octanol–water partition coefficient (Wildman–Crippen LogP) is 4.99. The van der Waals surface area contributed by atoms with Crippen LogP contribution in [0, 0.1) is 0 Å². The van der Waals surface area contributed by atoms with Crippen molar-refractivity contribution in [3.63, 3.8) is 0 Å². The maximum atomic E-state index is 2.53. The van der Waals surface area contributed by atoms with Gasteiger partial charge in [0.1, 0.15) is 6.17 Å². The van der Waals surface area contributed by atoms with E-state index in [0.29, 0.717) is 6.17 Å². The molecule has 2 heteroatoms. The van der Waals surface area contributed by atoms with Crippen LogP contribution in [0.4, 0.5) is 5.69 Å². The van der Waals surface area contributed by atoms with Crippen molar-refractivity contribution < 1.29 is 0 Å². The molecule has 1 aliphatic rings. The zero-order valence-electron chi connectivity index (χ0n) is 13.0. The molecule has 0 saturated heterocycles. The summed E-state index contributed by atoms with van der Waals surface area (Å²) >= 11 is 0. The average Bonchev–Trinajstić information content (AvgIpc) is 2.89. The molecule has 1 aromatic rings. The quantitative estimate of drug-likeness (QED) is 0.615. The van der Waals surface area contributed by atoms with Crippen LogP contribution < -0.4 is 4.90 Å². The third-order valence-electron chi connectivity index (χ3n) is 4.01. The summed E-state index contributed by atoms with van der Waals surface area (Å²) in [5.41, 5.74) is 1.31. The van der Waals surface area contributed by atoms with Crippen LogP contribution in [0.5, 0.6) is 0 Å². The highest BCUT2D eigenvalue weighted by Gasteiger charge is 2.26. The van der Waals surface area contributed by atoms with E-state index in [2.05, 4.69) is 66.4 Å². The summed E-state index contributed by atoms with van der Waals surface area (Å²) in [7, 11) is 0. The van der Waals surface area contributed by atoms with Gasteiger partial charge in [-0.1, -0.05) is 51.3 Å². The first-order chi connectivity index (χ1) is 9.86. The fourth-order valence-electron chi connectivity index (χ4n) is 2.83. The lowest BCUT2D eigenvalue weighted by Gasteiger charge is -2.33. The Hall–Kier alpha value is -1.44. The van der Waals surface area contributed by atoms with Gasteiger partial charge in [0.05, 0.1) is 0 Å². The molecule has 2 rings (SSSR count). The molecule has 110 valence electrons. The summed E-state index contributed by atoms with van der Waals surface area (Å²) in [5.74, 6) is 0. The summed E-state index contributed by atoms with van der Waals surface area (Å²) in [6, 6.07) is 10.8. The number of nitrogens with zero attached hydrogens (tertiary/aromatic N) is 2. The minimum absolute atomic E-state index is 0.509. The molecule has 0 radical (unpaired) electrons. The van der Waals surface area contributed by atoms with Crippen LogP contribution in [0.1, 0.15) is 52.4 Å². The van der Waals surface area contributed by atoms with Gasteiger partial charge in [-0.25, -0.2) is 0 Å². The first-order valence-corrected chi connectivity index (χ1v) is 8.14. The standard InChI is InChI=1S/C18H28N2/c1-3-5-10-14-19-15-16-20(18(19)13-6-4-2)17-11-8-7-9-12-17/h7-9,11-12,15-16,18H,3-6,10,13-14H2,1-2H3. The zero-order chi connectivity index (χ0) is 14.2. The molecule has 2 nitrogen and oxygen atoms in total.